The molecule has 7 heteroatoms. The number of halogens is 1. The fourth-order valence-corrected chi connectivity index (χ4v) is 4.90. The molecule has 2 aliphatic rings. The predicted molar refractivity (Wildman–Crippen MR) is 141 cm³/mol. The Balaban J connectivity index is 1.34. The van der Waals surface area contributed by atoms with Gasteiger partial charge in [-0.25, -0.2) is 4.79 Å². The average molecular weight is 535 g/mol. The number of aliphatic carboxylic acids is 1. The zero-order valence-corrected chi connectivity index (χ0v) is 20.8. The minimum atomic E-state index is -0.911. The van der Waals surface area contributed by atoms with Crippen molar-refractivity contribution in [3.8, 4) is 0 Å². The van der Waals surface area contributed by atoms with Gasteiger partial charge in [-0.15, -0.1) is 0 Å². The lowest BCUT2D eigenvalue weighted by atomic mass is 9.70. The van der Waals surface area contributed by atoms with E-state index in [1.807, 2.05) is 48.5 Å². The molecule has 1 saturated carbocycles. The van der Waals surface area contributed by atoms with Crippen molar-refractivity contribution < 1.29 is 19.5 Å². The molecule has 2 N–H and O–H groups in total. The van der Waals surface area contributed by atoms with Crippen LogP contribution in [0.5, 0.6) is 0 Å². The van der Waals surface area contributed by atoms with Gasteiger partial charge in [0, 0.05) is 33.9 Å². The number of allylic oxidation sites excluding steroid dienone is 5. The highest BCUT2D eigenvalue weighted by Crippen LogP contribution is 2.37. The van der Waals surface area contributed by atoms with Gasteiger partial charge in [-0.3, -0.25) is 14.5 Å². The van der Waals surface area contributed by atoms with Crippen LogP contribution in [-0.4, -0.2) is 29.4 Å². The van der Waals surface area contributed by atoms with E-state index in [0.717, 1.165) is 27.7 Å². The molecule has 2 aromatic carbocycles. The third-order valence-corrected chi connectivity index (χ3v) is 7.04. The Morgan fingerprint density at radius 1 is 1.11 bits per heavy atom. The van der Waals surface area contributed by atoms with E-state index < -0.39 is 17.8 Å². The van der Waals surface area contributed by atoms with E-state index >= 15 is 0 Å². The number of urea groups is 1. The van der Waals surface area contributed by atoms with Gasteiger partial charge < -0.3 is 10.4 Å². The Labute approximate surface area is 213 Å². The maximum atomic E-state index is 12.8. The predicted octanol–water partition coefficient (Wildman–Crippen LogP) is 5.93. The van der Waals surface area contributed by atoms with Gasteiger partial charge >= 0.3 is 12.0 Å². The molecule has 2 amide bonds. The summed E-state index contributed by atoms with van der Waals surface area (Å²) in [6, 6.07) is 13.4. The molecule has 1 fully saturated rings. The van der Waals surface area contributed by atoms with E-state index in [1.165, 1.54) is 0 Å². The molecule has 1 heterocycles. The van der Waals surface area contributed by atoms with E-state index in [1.54, 1.807) is 23.1 Å². The summed E-state index contributed by atoms with van der Waals surface area (Å²) in [5.74, 6) is -2.11. The van der Waals surface area contributed by atoms with Gasteiger partial charge in [0.05, 0.1) is 5.92 Å². The maximum absolute atomic E-state index is 12.8. The van der Waals surface area contributed by atoms with Crippen molar-refractivity contribution in [3.05, 3.63) is 94.5 Å². The number of carbonyl (C=O) groups excluding carboxylic acids is 2. The van der Waals surface area contributed by atoms with Crippen molar-refractivity contribution in [2.75, 3.05) is 16.8 Å². The van der Waals surface area contributed by atoms with Crippen LogP contribution in [0, 0.1) is 11.8 Å². The van der Waals surface area contributed by atoms with Gasteiger partial charge in [-0.1, -0.05) is 58.9 Å². The van der Waals surface area contributed by atoms with Gasteiger partial charge in [0.25, 0.3) is 0 Å². The van der Waals surface area contributed by atoms with Crippen LogP contribution in [0.1, 0.15) is 24.0 Å². The summed E-state index contributed by atoms with van der Waals surface area (Å²) >= 11 is 3.47. The number of carboxylic acid groups (broad SMARTS) is 1. The molecule has 0 bridgehead atoms. The van der Waals surface area contributed by atoms with Crippen molar-refractivity contribution in [2.45, 2.75) is 25.7 Å². The van der Waals surface area contributed by atoms with Crippen molar-refractivity contribution in [2.24, 2.45) is 11.8 Å². The Morgan fingerprint density at radius 3 is 2.51 bits per heavy atom. The number of nitrogens with zero attached hydrogens (tertiary/aromatic N) is 1. The lowest BCUT2D eigenvalue weighted by Gasteiger charge is -2.32. The smallest absolute Gasteiger partial charge is 0.326 e. The molecule has 1 aliphatic carbocycles. The Hall–Kier alpha value is -3.45. The fraction of sp³-hybridized carbons (Fsp3) is 0.250. The van der Waals surface area contributed by atoms with Crippen molar-refractivity contribution >= 4 is 45.1 Å². The van der Waals surface area contributed by atoms with E-state index in [2.05, 4.69) is 27.8 Å². The first kappa shape index (κ1) is 24.7. The summed E-state index contributed by atoms with van der Waals surface area (Å²) in [7, 11) is 0. The van der Waals surface area contributed by atoms with Crippen LogP contribution in [0.2, 0.25) is 0 Å². The number of hydrogen-bond acceptors (Lipinski definition) is 3. The molecule has 2 unspecified atom stereocenters. The highest BCUT2D eigenvalue weighted by Gasteiger charge is 2.41. The summed E-state index contributed by atoms with van der Waals surface area (Å²) < 4.78 is 1.01. The number of benzene rings is 2. The van der Waals surface area contributed by atoms with E-state index in [-0.39, 0.29) is 11.8 Å². The molecule has 0 aromatic heterocycles. The van der Waals surface area contributed by atoms with Crippen LogP contribution in [-0.2, 0) is 22.4 Å². The number of carbonyl (C=O) groups is 3. The molecule has 0 spiro atoms. The third kappa shape index (κ3) is 5.62. The Kier molecular flexibility index (Phi) is 7.66. The first-order valence-corrected chi connectivity index (χ1v) is 12.4. The van der Waals surface area contributed by atoms with Gasteiger partial charge in [0.2, 0.25) is 0 Å². The molecular weight excluding hydrogens is 508 g/mol. The number of ketones is 1. The van der Waals surface area contributed by atoms with E-state index in [4.69, 9.17) is 0 Å². The number of nitrogens with one attached hydrogen (secondary N) is 1. The molecule has 0 saturated heterocycles. The summed E-state index contributed by atoms with van der Waals surface area (Å²) in [5, 5.41) is 12.2. The number of amides is 2. The summed E-state index contributed by atoms with van der Waals surface area (Å²) in [6.45, 7) is 4.31. The lowest BCUT2D eigenvalue weighted by molar-refractivity contribution is -0.151. The molecule has 6 nitrogen and oxygen atoms in total. The largest absolute Gasteiger partial charge is 0.481 e. The quantitative estimate of drug-likeness (QED) is 0.324. The molecule has 180 valence electrons. The van der Waals surface area contributed by atoms with Gasteiger partial charge in [-0.05, 0) is 67.1 Å². The standard InChI is InChI=1S/C28H27BrN2O4/c1-2-4-19(26(32)23-12-13-24(23)27(33)34)6-3-5-18-7-10-22(11-8-18)30-28(35)31-16-15-20-17-21(29)9-14-25(20)31/h2-4,6-11,14,17,23-24H,1,5,12-13,15-16H2,(H,30,35)(H,33,34)/b6-3-,19-4+. The first-order chi connectivity index (χ1) is 16.9. The number of anilines is 2. The molecule has 1 aliphatic heterocycles. The normalized spacial score (nSPS) is 19.2. The number of carboxylic acids is 1. The topological polar surface area (TPSA) is 86.7 Å². The summed E-state index contributed by atoms with van der Waals surface area (Å²) in [5.41, 5.74) is 4.28. The fourth-order valence-electron chi connectivity index (χ4n) is 4.49. The number of hydrogen-bond donors (Lipinski definition) is 2. The van der Waals surface area contributed by atoms with Crippen LogP contribution < -0.4 is 10.2 Å². The number of Topliss-reactive ketones (excluding diaryl/α,β-unsaturated/α-hetero) is 1. The molecule has 35 heavy (non-hydrogen) atoms. The zero-order valence-electron chi connectivity index (χ0n) is 19.2. The third-order valence-electron chi connectivity index (χ3n) is 6.55. The maximum Gasteiger partial charge on any atom is 0.326 e. The van der Waals surface area contributed by atoms with Crippen molar-refractivity contribution in [1.29, 1.82) is 0 Å². The monoisotopic (exact) mass is 534 g/mol. The number of fused-ring (bicyclic) bond motifs is 1. The van der Waals surface area contributed by atoms with Crippen LogP contribution in [0.15, 0.2) is 83.4 Å². The first-order valence-electron chi connectivity index (χ1n) is 11.6. The Bertz CT molecular complexity index is 1220. The van der Waals surface area contributed by atoms with Gasteiger partial charge in [0.1, 0.15) is 0 Å². The molecule has 4 rings (SSSR count). The average Bonchev–Trinajstić information content (AvgIpc) is 3.21. The molecule has 0 radical (unpaired) electrons. The van der Waals surface area contributed by atoms with Crippen LogP contribution in [0.3, 0.4) is 0 Å². The minimum absolute atomic E-state index is 0.145. The summed E-state index contributed by atoms with van der Waals surface area (Å²) in [6.07, 6.45) is 9.36. The second-order valence-electron chi connectivity index (χ2n) is 8.76. The number of rotatable bonds is 8. The summed E-state index contributed by atoms with van der Waals surface area (Å²) in [4.78, 5) is 38.5. The minimum Gasteiger partial charge on any atom is -0.481 e. The highest BCUT2D eigenvalue weighted by atomic mass is 79.9. The highest BCUT2D eigenvalue weighted by molar-refractivity contribution is 9.10. The SMILES string of the molecule is C=C/C=C(\C=C/Cc1ccc(NC(=O)N2CCc3cc(Br)ccc32)cc1)C(=O)C1CCC1C(=O)O. The molecule has 2 aromatic rings. The lowest BCUT2D eigenvalue weighted by Crippen LogP contribution is -2.38. The van der Waals surface area contributed by atoms with Crippen LogP contribution >= 0.6 is 15.9 Å². The molecular formula is C28H27BrN2O4. The van der Waals surface area contributed by atoms with Gasteiger partial charge in [-0.2, -0.15) is 0 Å². The Morgan fingerprint density at radius 2 is 1.86 bits per heavy atom. The zero-order chi connectivity index (χ0) is 24.9. The van der Waals surface area contributed by atoms with Crippen molar-refractivity contribution in [1.82, 2.24) is 0 Å². The second kappa shape index (κ2) is 10.9. The van der Waals surface area contributed by atoms with Crippen LogP contribution in [0.4, 0.5) is 16.2 Å². The van der Waals surface area contributed by atoms with Gasteiger partial charge in [0.15, 0.2) is 5.78 Å². The molecule has 2 atom stereocenters. The second-order valence-corrected chi connectivity index (χ2v) is 9.67. The van der Waals surface area contributed by atoms with E-state index in [9.17, 15) is 19.5 Å². The van der Waals surface area contributed by atoms with Crippen LogP contribution in [0.25, 0.3) is 0 Å². The van der Waals surface area contributed by atoms with E-state index in [0.29, 0.717) is 37.1 Å². The van der Waals surface area contributed by atoms with Crippen molar-refractivity contribution in [3.63, 3.8) is 0 Å².